The Morgan fingerprint density at radius 2 is 1.93 bits per heavy atom. The van der Waals surface area contributed by atoms with Gasteiger partial charge in [0.25, 0.3) is 0 Å². The average molecular weight is 463 g/mol. The standard InChI is InChI=1S/C21H32Cl2N2O3S/c1-3-5-6-16(4-2)14-24-21(26)17-9-11-25(12-10-17)29(27,28)15-18-7-8-19(22)13-20(18)23/h7-8,13,16-17H,3-6,9-12,14-15H2,1-2H3,(H,24,26)/t16-/m0/s1. The molecule has 8 heteroatoms. The number of rotatable bonds is 10. The van der Waals surface area contributed by atoms with E-state index in [1.54, 1.807) is 18.2 Å². The fraction of sp³-hybridized carbons (Fsp3) is 0.667. The summed E-state index contributed by atoms with van der Waals surface area (Å²) in [5, 5.41) is 3.91. The maximum atomic E-state index is 12.8. The van der Waals surface area contributed by atoms with Crippen LogP contribution in [0, 0.1) is 11.8 Å². The summed E-state index contributed by atoms with van der Waals surface area (Å²) in [7, 11) is -3.49. The molecule has 1 aliphatic heterocycles. The molecule has 1 heterocycles. The van der Waals surface area contributed by atoms with Gasteiger partial charge >= 0.3 is 0 Å². The van der Waals surface area contributed by atoms with Gasteiger partial charge < -0.3 is 5.32 Å². The summed E-state index contributed by atoms with van der Waals surface area (Å²) in [6, 6.07) is 4.83. The molecule has 1 saturated heterocycles. The first kappa shape index (κ1) is 24.4. The van der Waals surface area contributed by atoms with Crippen LogP contribution in [0.4, 0.5) is 0 Å². The average Bonchev–Trinajstić information content (AvgIpc) is 2.70. The monoisotopic (exact) mass is 462 g/mol. The van der Waals surface area contributed by atoms with Crippen molar-refractivity contribution in [3.8, 4) is 0 Å². The number of hydrogen-bond acceptors (Lipinski definition) is 3. The highest BCUT2D eigenvalue weighted by Gasteiger charge is 2.31. The van der Waals surface area contributed by atoms with Crippen molar-refractivity contribution in [2.45, 2.75) is 58.1 Å². The van der Waals surface area contributed by atoms with Gasteiger partial charge in [-0.15, -0.1) is 0 Å². The van der Waals surface area contributed by atoms with Crippen LogP contribution in [0.15, 0.2) is 18.2 Å². The van der Waals surface area contributed by atoms with Gasteiger partial charge in [0.05, 0.1) is 5.75 Å². The Bertz CT molecular complexity index is 778. The smallest absolute Gasteiger partial charge is 0.223 e. The molecule has 1 fully saturated rings. The summed E-state index contributed by atoms with van der Waals surface area (Å²) in [4.78, 5) is 12.5. The van der Waals surface area contributed by atoms with E-state index in [2.05, 4.69) is 19.2 Å². The lowest BCUT2D eigenvalue weighted by molar-refractivity contribution is -0.126. The van der Waals surface area contributed by atoms with E-state index in [0.717, 1.165) is 12.8 Å². The van der Waals surface area contributed by atoms with Crippen molar-refractivity contribution in [2.24, 2.45) is 11.8 Å². The maximum Gasteiger partial charge on any atom is 0.223 e. The van der Waals surface area contributed by atoms with Gasteiger partial charge in [-0.1, -0.05) is 62.4 Å². The first-order chi connectivity index (χ1) is 13.8. The molecule has 1 aromatic carbocycles. The Morgan fingerprint density at radius 3 is 2.52 bits per heavy atom. The molecular formula is C21H32Cl2N2O3S. The highest BCUT2D eigenvalue weighted by Crippen LogP contribution is 2.26. The van der Waals surface area contributed by atoms with Crippen molar-refractivity contribution in [1.29, 1.82) is 0 Å². The topological polar surface area (TPSA) is 66.5 Å². The summed E-state index contributed by atoms with van der Waals surface area (Å²) in [6.45, 7) is 5.76. The van der Waals surface area contributed by atoms with E-state index >= 15 is 0 Å². The van der Waals surface area contributed by atoms with Crippen LogP contribution in [0.2, 0.25) is 10.0 Å². The zero-order valence-electron chi connectivity index (χ0n) is 17.3. The fourth-order valence-electron chi connectivity index (χ4n) is 3.66. The van der Waals surface area contributed by atoms with Crippen LogP contribution in [-0.4, -0.2) is 38.3 Å². The number of nitrogens with zero attached hydrogens (tertiary/aromatic N) is 1. The second kappa shape index (κ2) is 11.5. The zero-order chi connectivity index (χ0) is 21.4. The number of hydrogen-bond donors (Lipinski definition) is 1. The number of nitrogens with one attached hydrogen (secondary N) is 1. The Morgan fingerprint density at radius 1 is 1.24 bits per heavy atom. The van der Waals surface area contributed by atoms with Gasteiger partial charge in [-0.25, -0.2) is 12.7 Å². The van der Waals surface area contributed by atoms with Gasteiger partial charge in [-0.05, 0) is 42.9 Å². The molecule has 0 spiro atoms. The second-order valence-corrected chi connectivity index (χ2v) is 10.6. The second-order valence-electron chi connectivity index (χ2n) is 7.83. The number of benzene rings is 1. The molecule has 1 aliphatic rings. The number of halogens is 2. The SMILES string of the molecule is CCCC[C@H](CC)CNC(=O)C1CCN(S(=O)(=O)Cc2ccc(Cl)cc2Cl)CC1. The lowest BCUT2D eigenvalue weighted by atomic mass is 9.95. The Labute approximate surface area is 185 Å². The summed E-state index contributed by atoms with van der Waals surface area (Å²) in [5.41, 5.74) is 0.536. The highest BCUT2D eigenvalue weighted by molar-refractivity contribution is 7.88. The van der Waals surface area contributed by atoms with Gasteiger partial charge in [0.2, 0.25) is 15.9 Å². The Balaban J connectivity index is 1.84. The third-order valence-corrected chi connectivity index (χ3v) is 8.09. The van der Waals surface area contributed by atoms with E-state index < -0.39 is 10.0 Å². The third kappa shape index (κ3) is 7.42. The molecule has 0 bridgehead atoms. The predicted molar refractivity (Wildman–Crippen MR) is 120 cm³/mol. The quantitative estimate of drug-likeness (QED) is 0.539. The molecule has 1 atom stereocenters. The maximum absolute atomic E-state index is 12.8. The van der Waals surface area contributed by atoms with E-state index in [0.29, 0.717) is 54.0 Å². The molecule has 0 unspecified atom stereocenters. The molecule has 164 valence electrons. The first-order valence-corrected chi connectivity index (χ1v) is 12.8. The van der Waals surface area contributed by atoms with Crippen molar-refractivity contribution in [3.05, 3.63) is 33.8 Å². The molecule has 0 aliphatic carbocycles. The minimum Gasteiger partial charge on any atom is -0.356 e. The molecule has 1 aromatic rings. The van der Waals surface area contributed by atoms with E-state index in [9.17, 15) is 13.2 Å². The fourth-order valence-corrected chi connectivity index (χ4v) is 5.80. The number of piperidine rings is 1. The molecular weight excluding hydrogens is 431 g/mol. The highest BCUT2D eigenvalue weighted by atomic mass is 35.5. The van der Waals surface area contributed by atoms with Crippen LogP contribution < -0.4 is 5.32 Å². The van der Waals surface area contributed by atoms with E-state index in [-0.39, 0.29) is 17.6 Å². The van der Waals surface area contributed by atoms with Crippen LogP contribution in [0.3, 0.4) is 0 Å². The van der Waals surface area contributed by atoms with Crippen molar-refractivity contribution >= 4 is 39.1 Å². The molecule has 1 amide bonds. The molecule has 1 N–H and O–H groups in total. The number of sulfonamides is 1. The summed E-state index contributed by atoms with van der Waals surface area (Å²) >= 11 is 12.0. The summed E-state index contributed by atoms with van der Waals surface area (Å²) in [6.07, 6.45) is 5.64. The van der Waals surface area contributed by atoms with Crippen LogP contribution in [0.1, 0.15) is 57.9 Å². The number of carbonyl (C=O) groups is 1. The molecule has 0 aromatic heterocycles. The third-order valence-electron chi connectivity index (χ3n) is 5.68. The molecule has 5 nitrogen and oxygen atoms in total. The molecule has 0 saturated carbocycles. The van der Waals surface area contributed by atoms with E-state index in [1.165, 1.54) is 17.1 Å². The minimum atomic E-state index is -3.49. The lowest BCUT2D eigenvalue weighted by Crippen LogP contribution is -2.44. The van der Waals surface area contributed by atoms with Gasteiger partial charge in [0, 0.05) is 35.6 Å². The Kier molecular flexibility index (Phi) is 9.73. The number of unbranched alkanes of at least 4 members (excludes halogenated alkanes) is 1. The Hall–Kier alpha value is -0.820. The van der Waals surface area contributed by atoms with E-state index in [4.69, 9.17) is 23.2 Å². The van der Waals surface area contributed by atoms with Crippen LogP contribution >= 0.6 is 23.2 Å². The number of amides is 1. The van der Waals surface area contributed by atoms with Crippen LogP contribution in [-0.2, 0) is 20.6 Å². The largest absolute Gasteiger partial charge is 0.356 e. The predicted octanol–water partition coefficient (Wildman–Crippen LogP) is 4.87. The molecule has 2 rings (SSSR count). The first-order valence-electron chi connectivity index (χ1n) is 10.5. The van der Waals surface area contributed by atoms with Gasteiger partial charge in [-0.2, -0.15) is 0 Å². The molecule has 0 radical (unpaired) electrons. The normalized spacial score (nSPS) is 17.2. The van der Waals surface area contributed by atoms with Crippen molar-refractivity contribution < 1.29 is 13.2 Å². The van der Waals surface area contributed by atoms with Gasteiger partial charge in [-0.3, -0.25) is 4.79 Å². The van der Waals surface area contributed by atoms with E-state index in [1.807, 2.05) is 0 Å². The lowest BCUT2D eigenvalue weighted by Gasteiger charge is -2.31. The van der Waals surface area contributed by atoms with Gasteiger partial charge in [0.1, 0.15) is 0 Å². The van der Waals surface area contributed by atoms with Gasteiger partial charge in [0.15, 0.2) is 0 Å². The van der Waals surface area contributed by atoms with Crippen molar-refractivity contribution in [3.63, 3.8) is 0 Å². The van der Waals surface area contributed by atoms with Crippen molar-refractivity contribution in [1.82, 2.24) is 9.62 Å². The zero-order valence-corrected chi connectivity index (χ0v) is 19.6. The summed E-state index contributed by atoms with van der Waals surface area (Å²) < 4.78 is 27.0. The minimum absolute atomic E-state index is 0.0535. The summed E-state index contributed by atoms with van der Waals surface area (Å²) in [5.74, 6) is 0.292. The van der Waals surface area contributed by atoms with Crippen LogP contribution in [0.5, 0.6) is 0 Å². The van der Waals surface area contributed by atoms with Crippen LogP contribution in [0.25, 0.3) is 0 Å². The van der Waals surface area contributed by atoms with Crippen molar-refractivity contribution in [2.75, 3.05) is 19.6 Å². The molecule has 29 heavy (non-hydrogen) atoms. The number of carbonyl (C=O) groups excluding carboxylic acids is 1.